The van der Waals surface area contributed by atoms with Gasteiger partial charge in [-0.1, -0.05) is 12.1 Å². The summed E-state index contributed by atoms with van der Waals surface area (Å²) < 4.78 is 15.4. The molecule has 1 aromatic rings. The summed E-state index contributed by atoms with van der Waals surface area (Å²) in [6.45, 7) is -3.36. The average molecular weight is 651 g/mol. The fraction of sp³-hybridized carbons (Fsp3) is 0.630. The van der Waals surface area contributed by atoms with E-state index in [0.29, 0.717) is 6.08 Å². The molecule has 13 N–H and O–H groups in total. The Morgan fingerprint density at radius 2 is 1.69 bits per heavy atom. The Kier molecular flexibility index (Phi) is 11.8. The Balaban J connectivity index is 2.19. The molecule has 2 saturated heterocycles. The molecule has 18 nitrogen and oxygen atoms in total. The number of rotatable bonds is 12. The lowest BCUT2D eigenvalue weighted by Gasteiger charge is -2.51. The molecule has 2 aliphatic heterocycles. The zero-order valence-electron chi connectivity index (χ0n) is 23.7. The molecule has 0 spiro atoms. The molecule has 2 heterocycles. The molecular weight excluding hydrogens is 612 g/mol. The number of phenols is 1. The minimum Gasteiger partial charge on any atom is -0.504 e. The highest BCUT2D eigenvalue weighted by Crippen LogP contribution is 2.39. The molecule has 2 aliphatic rings. The van der Waals surface area contributed by atoms with Crippen molar-refractivity contribution in [2.75, 3.05) is 26.9 Å². The van der Waals surface area contributed by atoms with E-state index < -0.39 is 110 Å². The van der Waals surface area contributed by atoms with Gasteiger partial charge >= 0.3 is 0 Å². The van der Waals surface area contributed by atoms with Crippen LogP contribution in [0.5, 0.6) is 11.5 Å². The topological polar surface area (TPSA) is 325 Å². The van der Waals surface area contributed by atoms with Crippen molar-refractivity contribution in [2.45, 2.75) is 78.3 Å². The van der Waals surface area contributed by atoms with Gasteiger partial charge in [-0.05, 0) is 23.8 Å². The lowest BCUT2D eigenvalue weighted by atomic mass is 9.70. The van der Waals surface area contributed by atoms with Crippen molar-refractivity contribution in [1.29, 1.82) is 0 Å². The van der Waals surface area contributed by atoms with Gasteiger partial charge in [0.2, 0.25) is 11.4 Å². The summed E-state index contributed by atoms with van der Waals surface area (Å²) in [6, 6.07) is 3.70. The number of aliphatic hydroxyl groups is 12. The Hall–Kier alpha value is -2.66. The van der Waals surface area contributed by atoms with Crippen molar-refractivity contribution >= 4 is 17.6 Å². The lowest BCUT2D eigenvalue weighted by molar-refractivity contribution is -0.293. The van der Waals surface area contributed by atoms with Crippen LogP contribution >= 0.6 is 0 Å². The Labute approximate surface area is 254 Å². The monoisotopic (exact) mass is 650 g/mol. The highest BCUT2D eigenvalue weighted by molar-refractivity contribution is 6.18. The predicted octanol–water partition coefficient (Wildman–Crippen LogP) is -6.95. The number of carbonyl (C=O) groups excluding carboxylic acids is 2. The number of aromatic hydroxyl groups is 1. The molecule has 0 amide bonds. The van der Waals surface area contributed by atoms with Gasteiger partial charge in [0.25, 0.3) is 0 Å². The second-order valence-electron chi connectivity index (χ2n) is 10.8. The summed E-state index contributed by atoms with van der Waals surface area (Å²) >= 11 is 0. The van der Waals surface area contributed by atoms with E-state index >= 15 is 0 Å². The molecule has 0 aliphatic carbocycles. The molecule has 0 bridgehead atoms. The van der Waals surface area contributed by atoms with E-state index in [0.717, 1.165) is 6.08 Å². The summed E-state index contributed by atoms with van der Waals surface area (Å²) in [5.74, 6) is -3.97. The molecule has 3 rings (SSSR count). The molecule has 254 valence electrons. The van der Waals surface area contributed by atoms with Crippen molar-refractivity contribution < 1.29 is 90.2 Å². The highest BCUT2D eigenvalue weighted by Gasteiger charge is 2.68. The number of phenolic OH excluding ortho intramolecular Hbond substituents is 1. The number of methoxy groups -OCH3 is 1. The summed E-state index contributed by atoms with van der Waals surface area (Å²) in [4.78, 5) is 27.9. The number of hydrogen-bond acceptors (Lipinski definition) is 18. The molecule has 0 saturated carbocycles. The van der Waals surface area contributed by atoms with Crippen LogP contribution in [0, 0.1) is 0 Å². The third-order valence-corrected chi connectivity index (χ3v) is 8.02. The predicted molar refractivity (Wildman–Crippen MR) is 144 cm³/mol. The van der Waals surface area contributed by atoms with Crippen LogP contribution in [0.1, 0.15) is 5.56 Å². The lowest BCUT2D eigenvalue weighted by Crippen LogP contribution is -2.78. The maximum atomic E-state index is 14.1. The van der Waals surface area contributed by atoms with Gasteiger partial charge in [-0.3, -0.25) is 9.59 Å². The van der Waals surface area contributed by atoms with E-state index in [1.54, 1.807) is 0 Å². The zero-order valence-corrected chi connectivity index (χ0v) is 23.7. The van der Waals surface area contributed by atoms with Crippen molar-refractivity contribution in [1.82, 2.24) is 0 Å². The maximum absolute atomic E-state index is 14.1. The van der Waals surface area contributed by atoms with Gasteiger partial charge in [0.15, 0.2) is 22.9 Å². The minimum absolute atomic E-state index is 0.0431. The van der Waals surface area contributed by atoms with E-state index in [1.165, 1.54) is 25.3 Å². The largest absolute Gasteiger partial charge is 0.504 e. The summed E-state index contributed by atoms with van der Waals surface area (Å²) in [6.07, 6.45) is -24.8. The van der Waals surface area contributed by atoms with Crippen LogP contribution in [0.3, 0.4) is 0 Å². The second kappa shape index (κ2) is 14.4. The van der Waals surface area contributed by atoms with Gasteiger partial charge in [-0.15, -0.1) is 0 Å². The van der Waals surface area contributed by atoms with E-state index in [4.69, 9.17) is 14.2 Å². The number of aliphatic hydroxyl groups excluding tert-OH is 11. The number of ether oxygens (including phenoxy) is 3. The first-order valence-electron chi connectivity index (χ1n) is 13.5. The summed E-state index contributed by atoms with van der Waals surface area (Å²) in [5.41, 5.74) is -7.02. The van der Waals surface area contributed by atoms with Crippen LogP contribution in [0.15, 0.2) is 24.3 Å². The van der Waals surface area contributed by atoms with Gasteiger partial charge in [0.1, 0.15) is 67.1 Å². The van der Waals surface area contributed by atoms with E-state index in [1.807, 2.05) is 0 Å². The van der Waals surface area contributed by atoms with Crippen molar-refractivity contribution in [3.63, 3.8) is 0 Å². The van der Waals surface area contributed by atoms with Crippen LogP contribution in [-0.2, 0) is 19.1 Å². The van der Waals surface area contributed by atoms with Crippen molar-refractivity contribution in [3.8, 4) is 11.5 Å². The smallest absolute Gasteiger partial charge is 0.220 e. The van der Waals surface area contributed by atoms with Crippen molar-refractivity contribution in [2.24, 2.45) is 0 Å². The van der Waals surface area contributed by atoms with Gasteiger partial charge in [-0.2, -0.15) is 0 Å². The summed E-state index contributed by atoms with van der Waals surface area (Å²) in [7, 11) is 1.23. The first-order valence-corrected chi connectivity index (χ1v) is 13.5. The van der Waals surface area contributed by atoms with Crippen molar-refractivity contribution in [3.05, 3.63) is 29.8 Å². The van der Waals surface area contributed by atoms with E-state index in [9.17, 15) is 76.0 Å². The Morgan fingerprint density at radius 3 is 2.27 bits per heavy atom. The highest BCUT2D eigenvalue weighted by atomic mass is 16.6. The number of ketones is 2. The molecule has 1 aromatic carbocycles. The normalized spacial score (nSPS) is 35.8. The summed E-state index contributed by atoms with van der Waals surface area (Å²) in [5, 5.41) is 135. The average Bonchev–Trinajstić information content (AvgIpc) is 3.04. The first-order chi connectivity index (χ1) is 21.0. The molecule has 0 aromatic heterocycles. The standard InChI is InChI=1S/C27H38O18/c1-43-14-6-10(2-4-11(14)30)3-5-16(33)27(22(39)19(36)18(35)15(8-29)45-27)24(41)23(40)26(42,21(38)12(31)7-28)25-20(37)17(34)13(32)9-44-25/h2-6,12-13,15,17-23,25,28-32,34-40,42H,7-9H2,1H3/b5-3+/t12-,13-,15-,17+,18-,19+,20-,21+,22-,23+,25?,26+,27?/m1/s1. The van der Waals surface area contributed by atoms with Gasteiger partial charge in [-0.25, -0.2) is 0 Å². The molecule has 2 fully saturated rings. The molecule has 13 atom stereocenters. The molecule has 45 heavy (non-hydrogen) atoms. The molecule has 0 radical (unpaired) electrons. The fourth-order valence-corrected chi connectivity index (χ4v) is 5.31. The SMILES string of the molecule is COc1cc(/C=C/C(=O)C2(C(=O)[C@H](O)[C@](O)(C3OC[C@@H](O)[C@H](O)[C@H]3O)[C@@H](O)[C@H](O)CO)O[C@H](CO)[C@@H](O)[C@H](O)[C@H]2O)ccc1O. The number of Topliss-reactive ketones (excluding diaryl/α,β-unsaturated/α-hetero) is 1. The van der Waals surface area contributed by atoms with E-state index in [2.05, 4.69) is 0 Å². The molecular formula is C27H38O18. The van der Waals surface area contributed by atoms with Gasteiger partial charge in [0, 0.05) is 0 Å². The van der Waals surface area contributed by atoms with Crippen LogP contribution in [0.4, 0.5) is 0 Å². The second-order valence-corrected chi connectivity index (χ2v) is 10.8. The van der Waals surface area contributed by atoms with Crippen LogP contribution < -0.4 is 4.74 Å². The van der Waals surface area contributed by atoms with Crippen LogP contribution in [0.25, 0.3) is 6.08 Å². The van der Waals surface area contributed by atoms with Crippen LogP contribution in [0.2, 0.25) is 0 Å². The molecule has 2 unspecified atom stereocenters. The minimum atomic E-state index is -3.67. The van der Waals surface area contributed by atoms with Crippen LogP contribution in [-0.4, -0.2) is 183 Å². The third kappa shape index (κ3) is 6.48. The zero-order chi connectivity index (χ0) is 34.0. The number of benzene rings is 1. The first kappa shape index (κ1) is 36.8. The van der Waals surface area contributed by atoms with Gasteiger partial charge < -0.3 is 80.6 Å². The number of carbonyl (C=O) groups is 2. The third-order valence-electron chi connectivity index (χ3n) is 8.02. The molecule has 18 heteroatoms. The van der Waals surface area contributed by atoms with E-state index in [-0.39, 0.29) is 17.1 Å². The Bertz CT molecular complexity index is 1220. The van der Waals surface area contributed by atoms with Gasteiger partial charge in [0.05, 0.1) is 26.9 Å². The number of hydrogen-bond donors (Lipinski definition) is 13. The Morgan fingerprint density at radius 1 is 1.04 bits per heavy atom. The maximum Gasteiger partial charge on any atom is 0.220 e. The fourth-order valence-electron chi connectivity index (χ4n) is 5.31. The quantitative estimate of drug-likeness (QED) is 0.0738.